The number of rotatable bonds is 3. The number of fused-ring (bicyclic) bond motifs is 1. The summed E-state index contributed by atoms with van der Waals surface area (Å²) in [7, 11) is 0. The van der Waals surface area contributed by atoms with E-state index >= 15 is 0 Å². The number of aliphatic hydroxyl groups excluding tert-OH is 1. The molecule has 25 heavy (non-hydrogen) atoms. The van der Waals surface area contributed by atoms with Crippen LogP contribution in [0.25, 0.3) is 11.0 Å². The van der Waals surface area contributed by atoms with E-state index in [0.29, 0.717) is 31.9 Å². The minimum Gasteiger partial charge on any atom is -0.451 e. The van der Waals surface area contributed by atoms with Crippen molar-refractivity contribution in [1.29, 1.82) is 0 Å². The highest BCUT2D eigenvalue weighted by Crippen LogP contribution is 2.51. The lowest BCUT2D eigenvalue weighted by atomic mass is 9.58. The van der Waals surface area contributed by atoms with Crippen LogP contribution in [-0.4, -0.2) is 47.8 Å². The first-order valence-electron chi connectivity index (χ1n) is 9.14. The molecule has 4 rings (SSSR count). The number of furan rings is 1. The van der Waals surface area contributed by atoms with Crippen LogP contribution in [0, 0.1) is 12.3 Å². The van der Waals surface area contributed by atoms with Crippen LogP contribution in [0.5, 0.6) is 0 Å². The van der Waals surface area contributed by atoms with Crippen LogP contribution in [0.4, 0.5) is 0 Å². The molecule has 1 aliphatic heterocycles. The van der Waals surface area contributed by atoms with E-state index in [0.717, 1.165) is 29.4 Å². The van der Waals surface area contributed by atoms with Crippen LogP contribution in [0.3, 0.4) is 0 Å². The lowest BCUT2D eigenvalue weighted by Crippen LogP contribution is -2.62. The van der Waals surface area contributed by atoms with Crippen LogP contribution in [0.2, 0.25) is 0 Å². The zero-order valence-corrected chi connectivity index (χ0v) is 14.8. The topological polar surface area (TPSA) is 62.9 Å². The predicted octanol–water partition coefficient (Wildman–Crippen LogP) is 3.13. The molecule has 2 heterocycles. The number of likely N-dealkylation sites (tertiary alicyclic amines) is 1. The molecule has 1 N–H and O–H groups in total. The highest BCUT2D eigenvalue weighted by atomic mass is 16.5. The van der Waals surface area contributed by atoms with E-state index in [1.807, 2.05) is 43.0 Å². The van der Waals surface area contributed by atoms with E-state index in [4.69, 9.17) is 9.15 Å². The van der Waals surface area contributed by atoms with Crippen molar-refractivity contribution < 1.29 is 19.1 Å². The van der Waals surface area contributed by atoms with Crippen LogP contribution >= 0.6 is 0 Å². The van der Waals surface area contributed by atoms with Crippen LogP contribution in [0.15, 0.2) is 28.7 Å². The van der Waals surface area contributed by atoms with Crippen molar-refractivity contribution >= 4 is 16.9 Å². The quantitative estimate of drug-likeness (QED) is 0.930. The van der Waals surface area contributed by atoms with Crippen molar-refractivity contribution in [2.24, 2.45) is 5.41 Å². The van der Waals surface area contributed by atoms with Crippen molar-refractivity contribution in [3.05, 3.63) is 35.6 Å². The van der Waals surface area contributed by atoms with Crippen molar-refractivity contribution in [1.82, 2.24) is 4.90 Å². The number of benzene rings is 1. The largest absolute Gasteiger partial charge is 0.451 e. The van der Waals surface area contributed by atoms with Crippen molar-refractivity contribution in [3.63, 3.8) is 0 Å². The Kier molecular flexibility index (Phi) is 4.08. The molecule has 134 valence electrons. The fourth-order valence-electron chi connectivity index (χ4n) is 4.46. The summed E-state index contributed by atoms with van der Waals surface area (Å²) in [5.41, 5.74) is 1.48. The summed E-state index contributed by atoms with van der Waals surface area (Å²) in [6.07, 6.45) is 2.09. The number of para-hydroxylation sites is 1. The summed E-state index contributed by atoms with van der Waals surface area (Å²) in [4.78, 5) is 14.8. The summed E-state index contributed by atoms with van der Waals surface area (Å²) in [5.74, 6) is 0.387. The first-order chi connectivity index (χ1) is 12.1. The maximum absolute atomic E-state index is 12.9. The van der Waals surface area contributed by atoms with Crippen molar-refractivity contribution in [2.45, 2.75) is 45.3 Å². The van der Waals surface area contributed by atoms with E-state index in [-0.39, 0.29) is 23.5 Å². The highest BCUT2D eigenvalue weighted by Gasteiger charge is 2.56. The number of carbonyl (C=O) groups is 1. The average molecular weight is 343 g/mol. The van der Waals surface area contributed by atoms with Gasteiger partial charge < -0.3 is 19.2 Å². The van der Waals surface area contributed by atoms with E-state index in [1.165, 1.54) is 0 Å². The second-order valence-corrected chi connectivity index (χ2v) is 7.27. The molecule has 2 atom stereocenters. The molecule has 1 aliphatic carbocycles. The molecular weight excluding hydrogens is 318 g/mol. The highest BCUT2D eigenvalue weighted by molar-refractivity contribution is 5.98. The van der Waals surface area contributed by atoms with Crippen molar-refractivity contribution in [3.8, 4) is 0 Å². The number of amides is 1. The summed E-state index contributed by atoms with van der Waals surface area (Å²) in [6, 6.07) is 7.74. The number of nitrogens with zero attached hydrogens (tertiary/aromatic N) is 1. The normalized spacial score (nSPS) is 25.3. The first kappa shape index (κ1) is 16.6. The molecule has 1 aromatic heterocycles. The SMILES string of the molecule is CCO[C@H]1C[C@H](O)C12CCN(C(=O)c1oc3ccccc3c1C)CC2. The second-order valence-electron chi connectivity index (χ2n) is 7.27. The zero-order chi connectivity index (χ0) is 17.6. The van der Waals surface area contributed by atoms with E-state index in [2.05, 4.69) is 0 Å². The van der Waals surface area contributed by atoms with Crippen LogP contribution < -0.4 is 0 Å². The van der Waals surface area contributed by atoms with Gasteiger partial charge in [0.05, 0.1) is 12.2 Å². The Labute approximate surface area is 147 Å². The summed E-state index contributed by atoms with van der Waals surface area (Å²) in [6.45, 7) is 5.86. The molecule has 0 radical (unpaired) electrons. The number of carbonyl (C=O) groups excluding carboxylic acids is 1. The molecule has 1 saturated carbocycles. The number of aryl methyl sites for hydroxylation is 1. The molecule has 0 unspecified atom stereocenters. The molecule has 0 bridgehead atoms. The average Bonchev–Trinajstić information content (AvgIpc) is 2.98. The monoisotopic (exact) mass is 343 g/mol. The van der Waals surface area contributed by atoms with Gasteiger partial charge >= 0.3 is 0 Å². The first-order valence-corrected chi connectivity index (χ1v) is 9.14. The number of hydrogen-bond donors (Lipinski definition) is 1. The number of piperidine rings is 1. The molecule has 1 spiro atoms. The standard InChI is InChI=1S/C20H25NO4/c1-3-24-17-12-16(22)20(17)8-10-21(11-9-20)19(23)18-13(2)14-6-4-5-7-15(14)25-18/h4-7,16-17,22H,3,8-12H2,1-2H3/t16-,17-/m0/s1. The van der Waals surface area contributed by atoms with Gasteiger partial charge in [0, 0.05) is 42.5 Å². The van der Waals surface area contributed by atoms with Gasteiger partial charge in [0.25, 0.3) is 5.91 Å². The lowest BCUT2D eigenvalue weighted by Gasteiger charge is -2.56. The Bertz CT molecular complexity index is 786. The zero-order valence-electron chi connectivity index (χ0n) is 14.8. The third-order valence-electron chi connectivity index (χ3n) is 6.13. The molecule has 5 nitrogen and oxygen atoms in total. The molecule has 2 aliphatic rings. The number of ether oxygens (including phenoxy) is 1. The van der Waals surface area contributed by atoms with Gasteiger partial charge in [0.15, 0.2) is 5.76 Å². The predicted molar refractivity (Wildman–Crippen MR) is 94.6 cm³/mol. The van der Waals surface area contributed by atoms with Crippen molar-refractivity contribution in [2.75, 3.05) is 19.7 Å². The number of hydrogen-bond acceptors (Lipinski definition) is 4. The van der Waals surface area contributed by atoms with E-state index in [9.17, 15) is 9.90 Å². The van der Waals surface area contributed by atoms with Gasteiger partial charge in [-0.05, 0) is 32.8 Å². The van der Waals surface area contributed by atoms with E-state index < -0.39 is 0 Å². The van der Waals surface area contributed by atoms with Crippen LogP contribution in [0.1, 0.15) is 42.3 Å². The minimum absolute atomic E-state index is 0.0506. The molecule has 2 fully saturated rings. The second kappa shape index (κ2) is 6.15. The molecule has 1 saturated heterocycles. The summed E-state index contributed by atoms with van der Waals surface area (Å²) in [5, 5.41) is 11.3. The number of aliphatic hydroxyl groups is 1. The van der Waals surface area contributed by atoms with Gasteiger partial charge in [-0.3, -0.25) is 4.79 Å². The summed E-state index contributed by atoms with van der Waals surface area (Å²) < 4.78 is 11.6. The minimum atomic E-state index is -0.311. The fourth-order valence-corrected chi connectivity index (χ4v) is 4.46. The van der Waals surface area contributed by atoms with Gasteiger partial charge in [0.1, 0.15) is 5.58 Å². The van der Waals surface area contributed by atoms with Gasteiger partial charge in [-0.2, -0.15) is 0 Å². The maximum Gasteiger partial charge on any atom is 0.289 e. The van der Waals surface area contributed by atoms with Gasteiger partial charge in [-0.1, -0.05) is 18.2 Å². The fraction of sp³-hybridized carbons (Fsp3) is 0.550. The molecule has 2 aromatic rings. The Morgan fingerprint density at radius 3 is 2.72 bits per heavy atom. The smallest absolute Gasteiger partial charge is 0.289 e. The summed E-state index contributed by atoms with van der Waals surface area (Å²) >= 11 is 0. The Morgan fingerprint density at radius 1 is 1.36 bits per heavy atom. The van der Waals surface area contributed by atoms with Gasteiger partial charge in [0.2, 0.25) is 0 Å². The third kappa shape index (κ3) is 2.49. The van der Waals surface area contributed by atoms with E-state index in [1.54, 1.807) is 0 Å². The Hall–Kier alpha value is -1.85. The third-order valence-corrected chi connectivity index (χ3v) is 6.13. The maximum atomic E-state index is 12.9. The van der Waals surface area contributed by atoms with Crippen LogP contribution in [-0.2, 0) is 4.74 Å². The van der Waals surface area contributed by atoms with Gasteiger partial charge in [-0.25, -0.2) is 0 Å². The lowest BCUT2D eigenvalue weighted by molar-refractivity contribution is -0.207. The van der Waals surface area contributed by atoms with Gasteiger partial charge in [-0.15, -0.1) is 0 Å². The Morgan fingerprint density at radius 2 is 2.08 bits per heavy atom. The Balaban J connectivity index is 1.50. The molecule has 1 amide bonds. The molecule has 5 heteroatoms. The molecule has 1 aromatic carbocycles. The molecular formula is C20H25NO4.